The average molecular weight is 302 g/mol. The molecule has 0 saturated carbocycles. The van der Waals surface area contributed by atoms with Gasteiger partial charge in [-0.15, -0.1) is 0 Å². The summed E-state index contributed by atoms with van der Waals surface area (Å²) in [6.45, 7) is 8.46. The van der Waals surface area contributed by atoms with E-state index in [4.69, 9.17) is 4.42 Å². The minimum absolute atomic E-state index is 0.0260. The average Bonchev–Trinajstić information content (AvgIpc) is 2.86. The van der Waals surface area contributed by atoms with Crippen LogP contribution in [0.5, 0.6) is 0 Å². The lowest BCUT2D eigenvalue weighted by Gasteiger charge is -2.36. The third-order valence-electron chi connectivity index (χ3n) is 4.19. The summed E-state index contributed by atoms with van der Waals surface area (Å²) in [6.07, 6.45) is 3.51. The van der Waals surface area contributed by atoms with Gasteiger partial charge in [0.1, 0.15) is 5.76 Å². The molecule has 0 radical (unpaired) electrons. The Bertz CT molecular complexity index is 613. The maximum Gasteiger partial charge on any atom is 0.208 e. The molecule has 6 heteroatoms. The highest BCUT2D eigenvalue weighted by Gasteiger charge is 2.20. The topological polar surface area (TPSA) is 65.6 Å². The van der Waals surface area contributed by atoms with Crippen molar-refractivity contribution in [1.29, 1.82) is 0 Å². The molecule has 3 rings (SSSR count). The van der Waals surface area contributed by atoms with Gasteiger partial charge in [-0.2, -0.15) is 0 Å². The SMILES string of the molecule is Cc1nc(CN2CCN(c3ccncc3CO)CC2)oc1C. The summed E-state index contributed by atoms with van der Waals surface area (Å²) in [6, 6.07) is 1.97. The number of aryl methyl sites for hydroxylation is 2. The van der Waals surface area contributed by atoms with Crippen LogP contribution in [0.25, 0.3) is 0 Å². The third kappa shape index (κ3) is 3.13. The van der Waals surface area contributed by atoms with E-state index < -0.39 is 0 Å². The van der Waals surface area contributed by atoms with Crippen molar-refractivity contribution in [2.24, 2.45) is 0 Å². The molecule has 0 amide bonds. The second-order valence-corrected chi connectivity index (χ2v) is 5.67. The van der Waals surface area contributed by atoms with Crippen LogP contribution in [0.1, 0.15) is 22.9 Å². The molecule has 118 valence electrons. The Morgan fingerprint density at radius 1 is 1.23 bits per heavy atom. The van der Waals surface area contributed by atoms with Gasteiger partial charge in [-0.05, 0) is 19.9 Å². The van der Waals surface area contributed by atoms with Crippen molar-refractivity contribution in [3.63, 3.8) is 0 Å². The number of rotatable bonds is 4. The number of pyridine rings is 1. The predicted molar refractivity (Wildman–Crippen MR) is 83.6 cm³/mol. The number of piperazine rings is 1. The molecule has 1 fully saturated rings. The first-order valence-corrected chi connectivity index (χ1v) is 7.61. The molecule has 0 unspecified atom stereocenters. The molecule has 0 atom stereocenters. The third-order valence-corrected chi connectivity index (χ3v) is 4.19. The van der Waals surface area contributed by atoms with Crippen LogP contribution < -0.4 is 4.90 Å². The quantitative estimate of drug-likeness (QED) is 0.923. The molecule has 22 heavy (non-hydrogen) atoms. The number of hydrogen-bond donors (Lipinski definition) is 1. The van der Waals surface area contributed by atoms with Crippen LogP contribution in [-0.4, -0.2) is 46.2 Å². The van der Waals surface area contributed by atoms with E-state index in [1.54, 1.807) is 12.4 Å². The maximum atomic E-state index is 9.43. The maximum absolute atomic E-state index is 9.43. The first kappa shape index (κ1) is 15.0. The monoisotopic (exact) mass is 302 g/mol. The van der Waals surface area contributed by atoms with Crippen molar-refractivity contribution >= 4 is 5.69 Å². The molecular weight excluding hydrogens is 280 g/mol. The second kappa shape index (κ2) is 6.46. The molecule has 6 nitrogen and oxygen atoms in total. The summed E-state index contributed by atoms with van der Waals surface area (Å²) in [5.41, 5.74) is 2.94. The van der Waals surface area contributed by atoms with E-state index in [1.807, 2.05) is 19.9 Å². The summed E-state index contributed by atoms with van der Waals surface area (Å²) in [4.78, 5) is 13.2. The summed E-state index contributed by atoms with van der Waals surface area (Å²) in [7, 11) is 0. The smallest absolute Gasteiger partial charge is 0.208 e. The fourth-order valence-electron chi connectivity index (χ4n) is 2.80. The highest BCUT2D eigenvalue weighted by Crippen LogP contribution is 2.21. The Balaban J connectivity index is 1.60. The van der Waals surface area contributed by atoms with E-state index in [-0.39, 0.29) is 6.61 Å². The summed E-state index contributed by atoms with van der Waals surface area (Å²) in [5.74, 6) is 1.70. The van der Waals surface area contributed by atoms with Crippen molar-refractivity contribution in [1.82, 2.24) is 14.9 Å². The molecule has 0 aromatic carbocycles. The molecule has 2 aromatic heterocycles. The van der Waals surface area contributed by atoms with E-state index in [0.717, 1.165) is 61.3 Å². The molecule has 1 aliphatic heterocycles. The molecule has 1 N–H and O–H groups in total. The van der Waals surface area contributed by atoms with Gasteiger partial charge in [0, 0.05) is 49.8 Å². The van der Waals surface area contributed by atoms with Gasteiger partial charge in [-0.25, -0.2) is 4.98 Å². The van der Waals surface area contributed by atoms with Gasteiger partial charge in [-0.3, -0.25) is 9.88 Å². The lowest BCUT2D eigenvalue weighted by Crippen LogP contribution is -2.46. The van der Waals surface area contributed by atoms with E-state index in [0.29, 0.717) is 0 Å². The predicted octanol–water partition coefficient (Wildman–Crippen LogP) is 1.50. The highest BCUT2D eigenvalue weighted by atomic mass is 16.4. The second-order valence-electron chi connectivity index (χ2n) is 5.67. The Morgan fingerprint density at radius 2 is 2.00 bits per heavy atom. The Hall–Kier alpha value is -1.92. The Kier molecular flexibility index (Phi) is 4.40. The van der Waals surface area contributed by atoms with E-state index in [1.165, 1.54) is 0 Å². The van der Waals surface area contributed by atoms with Crippen molar-refractivity contribution < 1.29 is 9.52 Å². The minimum Gasteiger partial charge on any atom is -0.444 e. The molecule has 2 aromatic rings. The minimum atomic E-state index is 0.0260. The zero-order valence-electron chi connectivity index (χ0n) is 13.1. The standard InChI is InChI=1S/C16H22N4O2/c1-12-13(2)22-16(18-12)10-19-5-7-20(8-6-19)15-3-4-17-9-14(15)11-21/h3-4,9,21H,5-8,10-11H2,1-2H3. The zero-order valence-corrected chi connectivity index (χ0v) is 13.1. The fraction of sp³-hybridized carbons (Fsp3) is 0.500. The molecule has 0 bridgehead atoms. The van der Waals surface area contributed by atoms with Crippen molar-refractivity contribution in [2.75, 3.05) is 31.1 Å². The largest absolute Gasteiger partial charge is 0.444 e. The number of hydrogen-bond acceptors (Lipinski definition) is 6. The van der Waals surface area contributed by atoms with Crippen LogP contribution in [0.2, 0.25) is 0 Å². The van der Waals surface area contributed by atoms with Crippen LogP contribution >= 0.6 is 0 Å². The van der Waals surface area contributed by atoms with Crippen LogP contribution in [0.3, 0.4) is 0 Å². The number of oxazole rings is 1. The fourth-order valence-corrected chi connectivity index (χ4v) is 2.80. The van der Waals surface area contributed by atoms with Gasteiger partial charge < -0.3 is 14.4 Å². The molecule has 3 heterocycles. The van der Waals surface area contributed by atoms with E-state index in [2.05, 4.69) is 19.8 Å². The zero-order chi connectivity index (χ0) is 15.5. The van der Waals surface area contributed by atoms with Gasteiger partial charge >= 0.3 is 0 Å². The number of aliphatic hydroxyl groups is 1. The number of aromatic nitrogens is 2. The van der Waals surface area contributed by atoms with Gasteiger partial charge in [0.2, 0.25) is 5.89 Å². The van der Waals surface area contributed by atoms with Crippen LogP contribution in [0.4, 0.5) is 5.69 Å². The Morgan fingerprint density at radius 3 is 2.64 bits per heavy atom. The lowest BCUT2D eigenvalue weighted by molar-refractivity contribution is 0.224. The van der Waals surface area contributed by atoms with E-state index >= 15 is 0 Å². The van der Waals surface area contributed by atoms with Crippen molar-refractivity contribution in [3.05, 3.63) is 41.4 Å². The van der Waals surface area contributed by atoms with Crippen LogP contribution in [0.15, 0.2) is 22.9 Å². The van der Waals surface area contributed by atoms with Gasteiger partial charge in [0.25, 0.3) is 0 Å². The number of nitrogens with zero attached hydrogens (tertiary/aromatic N) is 4. The lowest BCUT2D eigenvalue weighted by atomic mass is 10.2. The normalized spacial score (nSPS) is 16.2. The summed E-state index contributed by atoms with van der Waals surface area (Å²) < 4.78 is 5.66. The van der Waals surface area contributed by atoms with Gasteiger partial charge in [-0.1, -0.05) is 0 Å². The van der Waals surface area contributed by atoms with Gasteiger partial charge in [0.15, 0.2) is 0 Å². The number of aliphatic hydroxyl groups excluding tert-OH is 1. The number of anilines is 1. The van der Waals surface area contributed by atoms with Crippen molar-refractivity contribution in [2.45, 2.75) is 27.0 Å². The highest BCUT2D eigenvalue weighted by molar-refractivity contribution is 5.52. The summed E-state index contributed by atoms with van der Waals surface area (Å²) >= 11 is 0. The first-order chi connectivity index (χ1) is 10.7. The van der Waals surface area contributed by atoms with Crippen molar-refractivity contribution in [3.8, 4) is 0 Å². The molecule has 0 spiro atoms. The molecule has 0 aliphatic carbocycles. The first-order valence-electron chi connectivity index (χ1n) is 7.61. The molecule has 1 saturated heterocycles. The van der Waals surface area contributed by atoms with E-state index in [9.17, 15) is 5.11 Å². The summed E-state index contributed by atoms with van der Waals surface area (Å²) in [5, 5.41) is 9.43. The Labute approximate surface area is 130 Å². The molecule has 1 aliphatic rings. The van der Waals surface area contributed by atoms with Gasteiger partial charge in [0.05, 0.1) is 18.8 Å². The molecular formula is C16H22N4O2. The van der Waals surface area contributed by atoms with Crippen LogP contribution in [-0.2, 0) is 13.2 Å². The van der Waals surface area contributed by atoms with Crippen LogP contribution in [0, 0.1) is 13.8 Å².